The number of nitriles is 1. The van der Waals surface area contributed by atoms with Gasteiger partial charge in [0.05, 0.1) is 12.0 Å². The van der Waals surface area contributed by atoms with Crippen molar-refractivity contribution in [1.29, 1.82) is 5.26 Å². The molecular formula is C26H32ClF2N5O3. The van der Waals surface area contributed by atoms with E-state index in [-0.39, 0.29) is 18.7 Å². The number of hydrogen-bond donors (Lipinski definition) is 3. The van der Waals surface area contributed by atoms with Crippen molar-refractivity contribution < 1.29 is 23.2 Å². The van der Waals surface area contributed by atoms with Crippen molar-refractivity contribution in [2.75, 3.05) is 11.9 Å². The maximum atomic E-state index is 15.0. The van der Waals surface area contributed by atoms with E-state index in [2.05, 4.69) is 16.0 Å². The van der Waals surface area contributed by atoms with Gasteiger partial charge >= 0.3 is 0 Å². The number of fused-ring (bicyclic) bond motifs is 3. The van der Waals surface area contributed by atoms with E-state index in [9.17, 15) is 28.4 Å². The molecule has 37 heavy (non-hydrogen) atoms. The number of alkyl halides is 2. The number of carbonyl (C=O) groups is 3. The van der Waals surface area contributed by atoms with Crippen LogP contribution in [0.3, 0.4) is 0 Å². The molecule has 4 aliphatic rings. The highest BCUT2D eigenvalue weighted by molar-refractivity contribution is 6.31. The molecule has 200 valence electrons. The zero-order valence-corrected chi connectivity index (χ0v) is 21.7. The number of carbonyl (C=O) groups excluding carboxylic acids is 3. The third-order valence-electron chi connectivity index (χ3n) is 7.86. The van der Waals surface area contributed by atoms with Crippen molar-refractivity contribution in [3.63, 3.8) is 0 Å². The Labute approximate surface area is 220 Å². The van der Waals surface area contributed by atoms with Gasteiger partial charge in [0.15, 0.2) is 0 Å². The quantitative estimate of drug-likeness (QED) is 0.495. The maximum absolute atomic E-state index is 15.0. The summed E-state index contributed by atoms with van der Waals surface area (Å²) in [7, 11) is 0. The molecule has 11 heteroatoms. The highest BCUT2D eigenvalue weighted by atomic mass is 35.5. The fourth-order valence-corrected chi connectivity index (χ4v) is 6.03. The van der Waals surface area contributed by atoms with Gasteiger partial charge in [-0.25, -0.2) is 8.78 Å². The van der Waals surface area contributed by atoms with Crippen LogP contribution >= 0.6 is 11.6 Å². The number of halogens is 3. The van der Waals surface area contributed by atoms with E-state index in [1.807, 2.05) is 6.07 Å². The minimum atomic E-state index is -3.10. The van der Waals surface area contributed by atoms with E-state index in [1.54, 1.807) is 32.0 Å². The predicted molar refractivity (Wildman–Crippen MR) is 134 cm³/mol. The number of nitrogens with zero attached hydrogens (tertiary/aromatic N) is 2. The Morgan fingerprint density at radius 2 is 2.08 bits per heavy atom. The first-order valence-electron chi connectivity index (χ1n) is 12.7. The third kappa shape index (κ3) is 5.52. The number of benzene rings is 1. The predicted octanol–water partition coefficient (Wildman–Crippen LogP) is 3.39. The fourth-order valence-electron chi connectivity index (χ4n) is 5.85. The third-order valence-corrected chi connectivity index (χ3v) is 8.27. The first kappa shape index (κ1) is 27.1. The Hall–Kier alpha value is -2.93. The van der Waals surface area contributed by atoms with Crippen molar-refractivity contribution >= 4 is 35.0 Å². The standard InChI is InChI=1S/C26H32ClF2N5O3/c1-14-20(27)6-3-7-21(14)32-15(2)25(37)34-18-8-9-19(26(28,29)12-18)22(34)24(36)33-17(13-30)11-16-5-4-10-31-23(16)35/h3,6-7,15-19,22,32H,4-5,8-12H2,1-2H3,(H,31,35)(H,33,36)/t15-,16-,17+,18+,19+,22-/m1/s1. The second kappa shape index (κ2) is 10.8. The van der Waals surface area contributed by atoms with Gasteiger partial charge in [-0.05, 0) is 63.6 Å². The molecule has 0 aromatic heterocycles. The lowest BCUT2D eigenvalue weighted by atomic mass is 9.71. The minimum Gasteiger partial charge on any atom is -0.374 e. The van der Waals surface area contributed by atoms with Gasteiger partial charge in [-0.3, -0.25) is 14.4 Å². The molecule has 0 radical (unpaired) electrons. The van der Waals surface area contributed by atoms with E-state index in [4.69, 9.17) is 11.6 Å². The van der Waals surface area contributed by atoms with Gasteiger partial charge in [0.1, 0.15) is 18.1 Å². The van der Waals surface area contributed by atoms with Gasteiger partial charge in [-0.15, -0.1) is 0 Å². The van der Waals surface area contributed by atoms with Crippen molar-refractivity contribution in [3.8, 4) is 6.07 Å². The molecule has 1 aromatic carbocycles. The van der Waals surface area contributed by atoms with Crippen LogP contribution in [0.15, 0.2) is 18.2 Å². The second-order valence-electron chi connectivity index (χ2n) is 10.3. The molecule has 8 nitrogen and oxygen atoms in total. The summed E-state index contributed by atoms with van der Waals surface area (Å²) in [4.78, 5) is 40.5. The SMILES string of the molecule is Cc1c(Cl)cccc1N[C@H](C)C(=O)N1[C@H]2CC[C@@H]([C@@H]1C(=O)N[C@H](C#N)C[C@H]1CCCNC1=O)C(F)(F)C2. The molecule has 2 bridgehead atoms. The molecule has 1 aromatic rings. The Morgan fingerprint density at radius 1 is 1.32 bits per heavy atom. The van der Waals surface area contributed by atoms with E-state index in [1.165, 1.54) is 4.90 Å². The zero-order chi connectivity index (χ0) is 26.9. The summed E-state index contributed by atoms with van der Waals surface area (Å²) in [5.41, 5.74) is 1.38. The second-order valence-corrected chi connectivity index (χ2v) is 10.7. The van der Waals surface area contributed by atoms with Crippen LogP contribution < -0.4 is 16.0 Å². The Kier molecular flexibility index (Phi) is 7.93. The van der Waals surface area contributed by atoms with Gasteiger partial charge < -0.3 is 20.9 Å². The van der Waals surface area contributed by atoms with E-state index in [0.717, 1.165) is 12.0 Å². The monoisotopic (exact) mass is 535 g/mol. The van der Waals surface area contributed by atoms with Crippen molar-refractivity contribution in [3.05, 3.63) is 28.8 Å². The van der Waals surface area contributed by atoms with Crippen LogP contribution in [0, 0.1) is 30.1 Å². The summed E-state index contributed by atoms with van der Waals surface area (Å²) < 4.78 is 29.9. The van der Waals surface area contributed by atoms with Crippen LogP contribution in [0.1, 0.15) is 51.0 Å². The molecule has 0 spiro atoms. The van der Waals surface area contributed by atoms with Gasteiger partial charge in [0.25, 0.3) is 5.92 Å². The number of nitrogens with one attached hydrogen (secondary N) is 3. The Balaban J connectivity index is 1.54. The summed E-state index contributed by atoms with van der Waals surface area (Å²) in [5.74, 6) is -6.32. The van der Waals surface area contributed by atoms with Crippen molar-refractivity contribution in [2.24, 2.45) is 11.8 Å². The van der Waals surface area contributed by atoms with Crippen LogP contribution in [0.4, 0.5) is 14.5 Å². The van der Waals surface area contributed by atoms with E-state index < -0.39 is 60.2 Å². The molecular weight excluding hydrogens is 504 g/mol. The molecule has 3 amide bonds. The number of rotatable bonds is 7. The Morgan fingerprint density at radius 3 is 2.76 bits per heavy atom. The van der Waals surface area contributed by atoms with E-state index >= 15 is 0 Å². The van der Waals surface area contributed by atoms with Crippen LogP contribution in [0.25, 0.3) is 0 Å². The Bertz CT molecular complexity index is 1110. The zero-order valence-electron chi connectivity index (χ0n) is 20.9. The summed E-state index contributed by atoms with van der Waals surface area (Å²) >= 11 is 6.19. The summed E-state index contributed by atoms with van der Waals surface area (Å²) in [6.07, 6.45) is 1.42. The first-order valence-corrected chi connectivity index (χ1v) is 13.1. The average molecular weight is 536 g/mol. The molecule has 5 rings (SSSR count). The smallest absolute Gasteiger partial charge is 0.255 e. The number of anilines is 1. The molecule has 3 aliphatic heterocycles. The van der Waals surface area contributed by atoms with E-state index in [0.29, 0.717) is 30.1 Å². The van der Waals surface area contributed by atoms with Gasteiger partial charge in [0.2, 0.25) is 17.7 Å². The van der Waals surface area contributed by atoms with Gasteiger partial charge in [-0.1, -0.05) is 17.7 Å². The number of amides is 3. The largest absolute Gasteiger partial charge is 0.374 e. The van der Waals surface area contributed by atoms with Crippen LogP contribution in [-0.2, 0) is 14.4 Å². The molecule has 0 unspecified atom stereocenters. The molecule has 3 saturated heterocycles. The van der Waals surface area contributed by atoms with Crippen molar-refractivity contribution in [1.82, 2.24) is 15.5 Å². The number of piperidine rings is 3. The summed E-state index contributed by atoms with van der Waals surface area (Å²) in [6.45, 7) is 3.99. The van der Waals surface area contributed by atoms with Crippen LogP contribution in [0.5, 0.6) is 0 Å². The highest BCUT2D eigenvalue weighted by Gasteiger charge is 2.60. The van der Waals surface area contributed by atoms with Crippen LogP contribution in [-0.4, -0.2) is 59.3 Å². The molecule has 1 saturated carbocycles. The minimum absolute atomic E-state index is 0.0885. The normalized spacial score (nSPS) is 28.0. The molecule has 6 atom stereocenters. The lowest BCUT2D eigenvalue weighted by Crippen LogP contribution is -2.70. The van der Waals surface area contributed by atoms with Crippen molar-refractivity contribution in [2.45, 2.75) is 82.5 Å². The first-order chi connectivity index (χ1) is 17.5. The summed E-state index contributed by atoms with van der Waals surface area (Å²) in [5, 5.41) is 18.6. The molecule has 3 N–H and O–H groups in total. The average Bonchev–Trinajstić information content (AvgIpc) is 2.86. The van der Waals surface area contributed by atoms with Gasteiger partial charge in [-0.2, -0.15) is 5.26 Å². The molecule has 4 fully saturated rings. The lowest BCUT2D eigenvalue weighted by Gasteiger charge is -2.54. The summed E-state index contributed by atoms with van der Waals surface area (Å²) in [6, 6.07) is 3.18. The molecule has 1 aliphatic carbocycles. The maximum Gasteiger partial charge on any atom is 0.255 e. The van der Waals surface area contributed by atoms with Gasteiger partial charge in [0, 0.05) is 35.6 Å². The highest BCUT2D eigenvalue weighted by Crippen LogP contribution is 2.49. The van der Waals surface area contributed by atoms with Crippen LogP contribution in [0.2, 0.25) is 5.02 Å². The lowest BCUT2D eigenvalue weighted by molar-refractivity contribution is -0.194. The fraction of sp³-hybridized carbons (Fsp3) is 0.615. The topological polar surface area (TPSA) is 114 Å². The molecule has 3 heterocycles. The number of hydrogen-bond acceptors (Lipinski definition) is 5.